The molecular formula is C9H7ClFN3O. The Morgan fingerprint density at radius 3 is 2.93 bits per heavy atom. The normalized spacial score (nSPS) is 10.6. The third kappa shape index (κ3) is 1.98. The molecule has 78 valence electrons. The van der Waals surface area contributed by atoms with Crippen LogP contribution in [0.4, 0.5) is 4.39 Å². The van der Waals surface area contributed by atoms with Gasteiger partial charge in [-0.25, -0.2) is 9.07 Å². The first kappa shape index (κ1) is 10.1. The maximum atomic E-state index is 13.4. The van der Waals surface area contributed by atoms with Crippen molar-refractivity contribution < 1.29 is 9.50 Å². The molecule has 1 heterocycles. The number of rotatable bonds is 2. The van der Waals surface area contributed by atoms with Crippen LogP contribution in [0.5, 0.6) is 0 Å². The Labute approximate surface area is 89.9 Å². The van der Waals surface area contributed by atoms with Gasteiger partial charge in [0.25, 0.3) is 0 Å². The summed E-state index contributed by atoms with van der Waals surface area (Å²) in [6, 6.07) is 4.13. The molecule has 0 amide bonds. The average Bonchev–Trinajstić information content (AvgIpc) is 2.70. The fraction of sp³-hybridized carbons (Fsp3) is 0.111. The zero-order valence-electron chi connectivity index (χ0n) is 7.56. The van der Waals surface area contributed by atoms with Crippen molar-refractivity contribution in [1.29, 1.82) is 0 Å². The largest absolute Gasteiger partial charge is 0.390 e. The number of halogens is 2. The Balaban J connectivity index is 2.48. The van der Waals surface area contributed by atoms with Gasteiger partial charge in [0.1, 0.15) is 17.2 Å². The van der Waals surface area contributed by atoms with E-state index in [9.17, 15) is 4.39 Å². The van der Waals surface area contributed by atoms with Gasteiger partial charge in [-0.3, -0.25) is 0 Å². The van der Waals surface area contributed by atoms with Crippen LogP contribution < -0.4 is 0 Å². The Bertz CT molecular complexity index is 486. The Kier molecular flexibility index (Phi) is 2.66. The molecule has 0 radical (unpaired) electrons. The molecule has 1 N–H and O–H groups in total. The van der Waals surface area contributed by atoms with Crippen molar-refractivity contribution >= 4 is 11.6 Å². The number of hydrogen-bond acceptors (Lipinski definition) is 3. The van der Waals surface area contributed by atoms with Crippen molar-refractivity contribution in [3.05, 3.63) is 40.9 Å². The van der Waals surface area contributed by atoms with Gasteiger partial charge in [0.15, 0.2) is 0 Å². The molecule has 2 aromatic rings. The molecule has 2 rings (SSSR count). The number of aromatic nitrogens is 3. The molecule has 1 aromatic heterocycles. The summed E-state index contributed by atoms with van der Waals surface area (Å²) in [6.07, 6.45) is 1.44. The van der Waals surface area contributed by atoms with Crippen molar-refractivity contribution in [3.8, 4) is 5.69 Å². The summed E-state index contributed by atoms with van der Waals surface area (Å²) in [4.78, 5) is 0. The average molecular weight is 228 g/mol. The van der Waals surface area contributed by atoms with Gasteiger partial charge in [0.2, 0.25) is 0 Å². The third-order valence-electron chi connectivity index (χ3n) is 1.86. The van der Waals surface area contributed by atoms with Gasteiger partial charge < -0.3 is 5.11 Å². The molecular weight excluding hydrogens is 221 g/mol. The van der Waals surface area contributed by atoms with E-state index in [1.807, 2.05) is 0 Å². The second kappa shape index (κ2) is 3.96. The second-order valence-electron chi connectivity index (χ2n) is 2.91. The highest BCUT2D eigenvalue weighted by Gasteiger charge is 2.07. The minimum absolute atomic E-state index is 0.203. The van der Waals surface area contributed by atoms with Crippen LogP contribution in [0.15, 0.2) is 24.4 Å². The van der Waals surface area contributed by atoms with Crippen molar-refractivity contribution in [2.75, 3.05) is 0 Å². The van der Waals surface area contributed by atoms with E-state index in [1.165, 1.54) is 29.1 Å². The summed E-state index contributed by atoms with van der Waals surface area (Å²) in [5.41, 5.74) is 0.573. The van der Waals surface area contributed by atoms with Crippen LogP contribution >= 0.6 is 11.6 Å². The van der Waals surface area contributed by atoms with Gasteiger partial charge in [0, 0.05) is 5.02 Å². The van der Waals surface area contributed by atoms with E-state index in [4.69, 9.17) is 16.7 Å². The molecule has 0 aliphatic heterocycles. The molecule has 6 heteroatoms. The first-order valence-corrected chi connectivity index (χ1v) is 4.56. The van der Waals surface area contributed by atoms with Crippen molar-refractivity contribution in [2.45, 2.75) is 6.61 Å². The van der Waals surface area contributed by atoms with E-state index in [0.717, 1.165) is 0 Å². The van der Waals surface area contributed by atoms with Crippen LogP contribution in [0.3, 0.4) is 0 Å². The SMILES string of the molecule is OCc1cn(-c2cc(Cl)ccc2F)nn1. The second-order valence-corrected chi connectivity index (χ2v) is 3.34. The molecule has 0 aliphatic carbocycles. The fourth-order valence-electron chi connectivity index (χ4n) is 1.15. The Morgan fingerprint density at radius 1 is 1.47 bits per heavy atom. The highest BCUT2D eigenvalue weighted by molar-refractivity contribution is 6.30. The zero-order valence-corrected chi connectivity index (χ0v) is 8.32. The van der Waals surface area contributed by atoms with Crippen LogP contribution in [-0.4, -0.2) is 20.1 Å². The van der Waals surface area contributed by atoms with Crippen molar-refractivity contribution in [3.63, 3.8) is 0 Å². The molecule has 0 fully saturated rings. The summed E-state index contributed by atoms with van der Waals surface area (Å²) in [7, 11) is 0. The fourth-order valence-corrected chi connectivity index (χ4v) is 1.32. The first-order chi connectivity index (χ1) is 7.20. The van der Waals surface area contributed by atoms with Gasteiger partial charge in [-0.1, -0.05) is 16.8 Å². The van der Waals surface area contributed by atoms with E-state index in [0.29, 0.717) is 10.7 Å². The van der Waals surface area contributed by atoms with Gasteiger partial charge in [-0.2, -0.15) is 0 Å². The van der Waals surface area contributed by atoms with Crippen LogP contribution in [0.2, 0.25) is 5.02 Å². The minimum Gasteiger partial charge on any atom is -0.390 e. The minimum atomic E-state index is -0.450. The van der Waals surface area contributed by atoms with E-state index < -0.39 is 5.82 Å². The molecule has 15 heavy (non-hydrogen) atoms. The molecule has 0 aliphatic rings. The monoisotopic (exact) mass is 227 g/mol. The van der Waals surface area contributed by atoms with Crippen LogP contribution in [0.1, 0.15) is 5.69 Å². The number of hydrogen-bond donors (Lipinski definition) is 1. The van der Waals surface area contributed by atoms with Crippen LogP contribution in [-0.2, 0) is 6.61 Å². The van der Waals surface area contributed by atoms with Gasteiger partial charge in [0.05, 0.1) is 12.8 Å². The molecule has 1 aromatic carbocycles. The molecule has 0 spiro atoms. The van der Waals surface area contributed by atoms with Crippen molar-refractivity contribution in [1.82, 2.24) is 15.0 Å². The van der Waals surface area contributed by atoms with E-state index in [2.05, 4.69) is 10.3 Å². The van der Waals surface area contributed by atoms with Gasteiger partial charge in [-0.15, -0.1) is 5.10 Å². The van der Waals surface area contributed by atoms with E-state index in [1.54, 1.807) is 0 Å². The molecule has 0 atom stereocenters. The lowest BCUT2D eigenvalue weighted by Gasteiger charge is -2.01. The topological polar surface area (TPSA) is 50.9 Å². The number of aliphatic hydroxyl groups is 1. The Morgan fingerprint density at radius 2 is 2.27 bits per heavy atom. The first-order valence-electron chi connectivity index (χ1n) is 4.18. The predicted octanol–water partition coefficient (Wildman–Crippen LogP) is 1.55. The highest BCUT2D eigenvalue weighted by atomic mass is 35.5. The number of nitrogens with zero attached hydrogens (tertiary/aromatic N) is 3. The summed E-state index contributed by atoms with van der Waals surface area (Å²) in [5.74, 6) is -0.450. The summed E-state index contributed by atoms with van der Waals surface area (Å²) in [5, 5.41) is 16.5. The molecule has 0 saturated heterocycles. The smallest absolute Gasteiger partial charge is 0.149 e. The summed E-state index contributed by atoms with van der Waals surface area (Å²) < 4.78 is 14.6. The lowest BCUT2D eigenvalue weighted by atomic mass is 10.3. The lowest BCUT2D eigenvalue weighted by Crippen LogP contribution is -1.98. The number of benzene rings is 1. The van der Waals surface area contributed by atoms with E-state index >= 15 is 0 Å². The number of aliphatic hydroxyl groups excluding tert-OH is 1. The van der Waals surface area contributed by atoms with E-state index in [-0.39, 0.29) is 12.3 Å². The quantitative estimate of drug-likeness (QED) is 0.847. The molecule has 0 saturated carbocycles. The maximum absolute atomic E-state index is 13.4. The van der Waals surface area contributed by atoms with Crippen LogP contribution in [0, 0.1) is 5.82 Å². The third-order valence-corrected chi connectivity index (χ3v) is 2.09. The summed E-state index contributed by atoms with van der Waals surface area (Å²) >= 11 is 5.73. The standard InChI is InChI=1S/C9H7ClFN3O/c10-6-1-2-8(11)9(3-6)14-4-7(5-15)12-13-14/h1-4,15H,5H2. The van der Waals surface area contributed by atoms with Gasteiger partial charge in [-0.05, 0) is 18.2 Å². The predicted molar refractivity (Wildman–Crippen MR) is 52.2 cm³/mol. The summed E-state index contributed by atoms with van der Waals surface area (Å²) in [6.45, 7) is -0.234. The van der Waals surface area contributed by atoms with Crippen molar-refractivity contribution in [2.24, 2.45) is 0 Å². The molecule has 0 bridgehead atoms. The van der Waals surface area contributed by atoms with Crippen LogP contribution in [0.25, 0.3) is 5.69 Å². The Hall–Kier alpha value is -1.46. The van der Waals surface area contributed by atoms with Gasteiger partial charge >= 0.3 is 0 Å². The zero-order chi connectivity index (χ0) is 10.8. The maximum Gasteiger partial charge on any atom is 0.149 e. The lowest BCUT2D eigenvalue weighted by molar-refractivity contribution is 0.276. The molecule has 4 nitrogen and oxygen atoms in total. The molecule has 0 unspecified atom stereocenters. The highest BCUT2D eigenvalue weighted by Crippen LogP contribution is 2.18.